The van der Waals surface area contributed by atoms with E-state index in [4.69, 9.17) is 0 Å². The highest BCUT2D eigenvalue weighted by atomic mass is 16.6. The van der Waals surface area contributed by atoms with Crippen LogP contribution in [0.3, 0.4) is 0 Å². The Balaban J connectivity index is 2.41. The van der Waals surface area contributed by atoms with E-state index in [0.29, 0.717) is 6.42 Å². The number of rotatable bonds is 5. The van der Waals surface area contributed by atoms with Crippen LogP contribution in [0.15, 0.2) is 12.2 Å². The number of aliphatic hydroxyl groups is 1. The molecule has 112 valence electrons. The van der Waals surface area contributed by atoms with Crippen molar-refractivity contribution in [3.05, 3.63) is 32.4 Å². The number of hydrogen-bond acceptors (Lipinski definition) is 6. The average Bonchev–Trinajstić information content (AvgIpc) is 2.39. The average molecular weight is 285 g/mol. The lowest BCUT2D eigenvalue weighted by atomic mass is 9.71. The highest BCUT2D eigenvalue weighted by Crippen LogP contribution is 2.41. The van der Waals surface area contributed by atoms with Gasteiger partial charge in [-0.1, -0.05) is 13.0 Å². The lowest BCUT2D eigenvalue weighted by Crippen LogP contribution is -2.67. The molecule has 0 amide bonds. The van der Waals surface area contributed by atoms with Crippen LogP contribution in [0.2, 0.25) is 0 Å². The van der Waals surface area contributed by atoms with Crippen molar-refractivity contribution in [2.24, 2.45) is 0 Å². The first-order chi connectivity index (χ1) is 9.39. The zero-order chi connectivity index (χ0) is 15.0. The summed E-state index contributed by atoms with van der Waals surface area (Å²) >= 11 is 0. The van der Waals surface area contributed by atoms with Crippen LogP contribution in [0.25, 0.3) is 0 Å². The molecule has 3 atom stereocenters. The van der Waals surface area contributed by atoms with E-state index in [1.165, 1.54) is 6.08 Å². The molecule has 1 aliphatic heterocycles. The van der Waals surface area contributed by atoms with Gasteiger partial charge in [0.25, 0.3) is 5.54 Å². The van der Waals surface area contributed by atoms with E-state index in [1.54, 1.807) is 11.0 Å². The van der Waals surface area contributed by atoms with Crippen molar-refractivity contribution < 1.29 is 15.0 Å². The Morgan fingerprint density at radius 2 is 2.05 bits per heavy atom. The van der Waals surface area contributed by atoms with Crippen molar-refractivity contribution in [1.82, 2.24) is 4.90 Å². The van der Waals surface area contributed by atoms with Crippen LogP contribution in [0.4, 0.5) is 0 Å². The van der Waals surface area contributed by atoms with Crippen LogP contribution in [-0.2, 0) is 0 Å². The fraction of sp³-hybridized carbons (Fsp3) is 0.833. The van der Waals surface area contributed by atoms with Crippen LogP contribution < -0.4 is 0 Å². The molecule has 20 heavy (non-hydrogen) atoms. The summed E-state index contributed by atoms with van der Waals surface area (Å²) in [5.41, 5.74) is -2.73. The van der Waals surface area contributed by atoms with Crippen molar-refractivity contribution >= 4 is 0 Å². The molecule has 1 saturated heterocycles. The van der Waals surface area contributed by atoms with E-state index < -0.39 is 16.0 Å². The second kappa shape index (κ2) is 5.10. The molecule has 8 heteroatoms. The lowest BCUT2D eigenvalue weighted by molar-refractivity contribution is -0.620. The first-order valence-electron chi connectivity index (χ1n) is 6.71. The summed E-state index contributed by atoms with van der Waals surface area (Å²) in [4.78, 5) is 23.8. The quantitative estimate of drug-likeness (QED) is 0.446. The van der Waals surface area contributed by atoms with Gasteiger partial charge in [0.15, 0.2) is 0 Å². The molecule has 2 rings (SSSR count). The molecule has 0 unspecified atom stereocenters. The van der Waals surface area contributed by atoms with Gasteiger partial charge in [-0.25, -0.2) is 0 Å². The van der Waals surface area contributed by atoms with Crippen LogP contribution in [0, 0.1) is 20.2 Å². The topological polar surface area (TPSA) is 110 Å². The third-order valence-electron chi connectivity index (χ3n) is 4.48. The van der Waals surface area contributed by atoms with E-state index in [2.05, 4.69) is 0 Å². The van der Waals surface area contributed by atoms with Crippen molar-refractivity contribution in [3.63, 3.8) is 0 Å². The number of likely N-dealkylation sites (tertiary alicyclic amines) is 1. The minimum atomic E-state index is -1.41. The summed E-state index contributed by atoms with van der Waals surface area (Å²) in [5, 5.41) is 32.3. The largest absolute Gasteiger partial charge is 0.395 e. The third-order valence-corrected chi connectivity index (χ3v) is 4.48. The summed E-state index contributed by atoms with van der Waals surface area (Å²) in [5.74, 6) is 0. The molecule has 0 aromatic rings. The molecule has 1 fully saturated rings. The monoisotopic (exact) mass is 285 g/mol. The number of piperidine rings is 1. The Bertz CT molecular complexity index is 450. The van der Waals surface area contributed by atoms with Gasteiger partial charge in [0.05, 0.1) is 26.1 Å². The van der Waals surface area contributed by atoms with Crippen LogP contribution in [0.5, 0.6) is 0 Å². The summed E-state index contributed by atoms with van der Waals surface area (Å²) in [7, 11) is 0. The molecular weight excluding hydrogens is 266 g/mol. The summed E-state index contributed by atoms with van der Waals surface area (Å²) in [6, 6.07) is -0.277. The Labute approximate surface area is 116 Å². The molecule has 0 aromatic heterocycles. The molecule has 1 heterocycles. The van der Waals surface area contributed by atoms with Crippen molar-refractivity contribution in [3.8, 4) is 0 Å². The van der Waals surface area contributed by atoms with Gasteiger partial charge in [-0.05, 0) is 12.5 Å². The molecule has 1 N–H and O–H groups in total. The molecule has 1 aliphatic carbocycles. The van der Waals surface area contributed by atoms with E-state index in [0.717, 1.165) is 0 Å². The molecule has 2 bridgehead atoms. The van der Waals surface area contributed by atoms with Gasteiger partial charge in [-0.2, -0.15) is 0 Å². The maximum absolute atomic E-state index is 11.5. The molecule has 8 nitrogen and oxygen atoms in total. The van der Waals surface area contributed by atoms with E-state index in [1.807, 2.05) is 6.92 Å². The molecular formula is C12H19N3O5. The lowest BCUT2D eigenvalue weighted by Gasteiger charge is -2.46. The summed E-state index contributed by atoms with van der Waals surface area (Å²) < 4.78 is 0. The van der Waals surface area contributed by atoms with Crippen molar-refractivity contribution in [2.45, 2.75) is 43.3 Å². The van der Waals surface area contributed by atoms with Gasteiger partial charge in [0.1, 0.15) is 0 Å². The van der Waals surface area contributed by atoms with Crippen molar-refractivity contribution in [1.29, 1.82) is 0 Å². The number of hydrogen-bond donors (Lipinski definition) is 1. The molecule has 0 saturated carbocycles. The Morgan fingerprint density at radius 3 is 2.55 bits per heavy atom. The van der Waals surface area contributed by atoms with Gasteiger partial charge in [0, 0.05) is 22.3 Å². The first-order valence-corrected chi connectivity index (χ1v) is 6.71. The van der Waals surface area contributed by atoms with Crippen LogP contribution in [0.1, 0.15) is 26.2 Å². The maximum Gasteiger partial charge on any atom is 0.259 e. The second-order valence-electron chi connectivity index (χ2n) is 5.78. The van der Waals surface area contributed by atoms with E-state index in [9.17, 15) is 25.3 Å². The van der Waals surface area contributed by atoms with Gasteiger partial charge in [0.2, 0.25) is 5.54 Å². The molecule has 0 spiro atoms. The first kappa shape index (κ1) is 14.9. The number of aliphatic hydroxyl groups excluding tert-OH is 1. The predicted octanol–water partition coefficient (Wildman–Crippen LogP) is 0.454. The zero-order valence-corrected chi connectivity index (χ0v) is 11.4. The minimum absolute atomic E-state index is 0.0745. The Hall–Kier alpha value is -1.54. The third kappa shape index (κ3) is 2.18. The molecule has 2 aliphatic rings. The van der Waals surface area contributed by atoms with Gasteiger partial charge in [-0.15, -0.1) is 0 Å². The predicted molar refractivity (Wildman–Crippen MR) is 70.6 cm³/mol. The normalized spacial score (nSPS) is 34.7. The molecule has 0 radical (unpaired) electrons. The van der Waals surface area contributed by atoms with Crippen molar-refractivity contribution in [2.75, 3.05) is 19.7 Å². The fourth-order valence-corrected chi connectivity index (χ4v) is 3.35. The summed E-state index contributed by atoms with van der Waals surface area (Å²) in [6.45, 7) is 1.98. The maximum atomic E-state index is 11.5. The highest BCUT2D eigenvalue weighted by molar-refractivity contribution is 5.17. The number of nitro groups is 2. The second-order valence-corrected chi connectivity index (χ2v) is 5.78. The zero-order valence-electron chi connectivity index (χ0n) is 11.4. The SMILES string of the molecule is CC[C@H](CO)N1C[C@]2([N+](=O)[O-])C=CC[C@@]([N+](=O)[O-])(C1)C2. The van der Waals surface area contributed by atoms with Crippen LogP contribution >= 0.6 is 0 Å². The number of nitrogens with zero attached hydrogens (tertiary/aromatic N) is 3. The fourth-order valence-electron chi connectivity index (χ4n) is 3.35. The smallest absolute Gasteiger partial charge is 0.259 e. The standard InChI is InChI=1S/C12H19N3O5/c1-2-10(6-16)13-8-11(14(17)18)4-3-5-12(7-11,9-13)15(19)20/h3-4,10,16H,2,5-9H2,1H3/t10-,11+,12+/m1/s1. The van der Waals surface area contributed by atoms with E-state index >= 15 is 0 Å². The van der Waals surface area contributed by atoms with Gasteiger partial charge in [-0.3, -0.25) is 25.1 Å². The number of fused-ring (bicyclic) bond motifs is 2. The highest BCUT2D eigenvalue weighted by Gasteiger charge is 2.62. The van der Waals surface area contributed by atoms with Crippen LogP contribution in [-0.4, -0.2) is 56.7 Å². The van der Waals surface area contributed by atoms with Gasteiger partial charge >= 0.3 is 0 Å². The van der Waals surface area contributed by atoms with Gasteiger partial charge < -0.3 is 5.11 Å². The summed E-state index contributed by atoms with van der Waals surface area (Å²) in [6.07, 6.45) is 3.78. The Kier molecular flexibility index (Phi) is 3.79. The Morgan fingerprint density at radius 1 is 1.35 bits per heavy atom. The molecule has 0 aromatic carbocycles. The minimum Gasteiger partial charge on any atom is -0.395 e. The van der Waals surface area contributed by atoms with E-state index in [-0.39, 0.29) is 43.5 Å².